The van der Waals surface area contributed by atoms with Crippen molar-refractivity contribution < 1.29 is 19.4 Å². The molecule has 1 saturated heterocycles. The lowest BCUT2D eigenvalue weighted by molar-refractivity contribution is -0.151. The lowest BCUT2D eigenvalue weighted by Crippen LogP contribution is -2.35. The molecule has 2 aliphatic rings. The highest BCUT2D eigenvalue weighted by molar-refractivity contribution is 6.01. The number of amides is 1. The highest BCUT2D eigenvalue weighted by atomic mass is 16.7. The van der Waals surface area contributed by atoms with Gasteiger partial charge in [0.1, 0.15) is 5.69 Å². The maximum atomic E-state index is 12.6. The van der Waals surface area contributed by atoms with Crippen molar-refractivity contribution in [3.05, 3.63) is 41.6 Å². The Kier molecular flexibility index (Phi) is 3.33. The number of nitrogens with zero attached hydrogens (tertiary/aromatic N) is 2. The number of rotatable bonds is 3. The van der Waals surface area contributed by atoms with Gasteiger partial charge in [0.05, 0.1) is 24.3 Å². The Morgan fingerprint density at radius 3 is 2.87 bits per heavy atom. The van der Waals surface area contributed by atoms with Gasteiger partial charge in [-0.3, -0.25) is 4.79 Å². The second-order valence-corrected chi connectivity index (χ2v) is 6.07. The fourth-order valence-corrected chi connectivity index (χ4v) is 3.16. The Balaban J connectivity index is 1.61. The first-order valence-electron chi connectivity index (χ1n) is 7.74. The standard InChI is InChI=1S/C17H18N2O4/c1-17(22-8-9-23-17)6-7-19-15(20)12-10-11-4-2-3-5-13(11)18-14(12)16(19)21/h2-5,10,16,21H,6-9H2,1H3. The van der Waals surface area contributed by atoms with Crippen molar-refractivity contribution in [3.63, 3.8) is 0 Å². The number of pyridine rings is 1. The van der Waals surface area contributed by atoms with Crippen molar-refractivity contribution in [2.24, 2.45) is 0 Å². The predicted octanol–water partition coefficient (Wildman–Crippen LogP) is 1.83. The molecule has 3 heterocycles. The summed E-state index contributed by atoms with van der Waals surface area (Å²) in [6.07, 6.45) is -0.518. The quantitative estimate of drug-likeness (QED) is 0.936. The highest BCUT2D eigenvalue weighted by Crippen LogP contribution is 2.34. The lowest BCUT2D eigenvalue weighted by atomic mass is 10.1. The molecule has 0 spiro atoms. The molecule has 1 amide bonds. The largest absolute Gasteiger partial charge is 0.368 e. The molecule has 1 N–H and O–H groups in total. The first kappa shape index (κ1) is 14.6. The smallest absolute Gasteiger partial charge is 0.258 e. The summed E-state index contributed by atoms with van der Waals surface area (Å²) in [5.41, 5.74) is 1.66. The summed E-state index contributed by atoms with van der Waals surface area (Å²) in [4.78, 5) is 18.5. The van der Waals surface area contributed by atoms with E-state index < -0.39 is 12.0 Å². The summed E-state index contributed by atoms with van der Waals surface area (Å²) >= 11 is 0. The third-order valence-corrected chi connectivity index (χ3v) is 4.49. The zero-order chi connectivity index (χ0) is 16.0. The van der Waals surface area contributed by atoms with Gasteiger partial charge in [-0.15, -0.1) is 0 Å². The molecule has 2 aromatic rings. The molecular formula is C17H18N2O4. The van der Waals surface area contributed by atoms with E-state index in [0.29, 0.717) is 37.4 Å². The molecular weight excluding hydrogens is 296 g/mol. The number of aromatic nitrogens is 1. The van der Waals surface area contributed by atoms with Gasteiger partial charge in [-0.25, -0.2) is 4.98 Å². The third kappa shape index (κ3) is 2.39. The zero-order valence-electron chi connectivity index (χ0n) is 12.9. The van der Waals surface area contributed by atoms with Gasteiger partial charge in [0.2, 0.25) is 0 Å². The van der Waals surface area contributed by atoms with E-state index in [1.54, 1.807) is 6.07 Å². The monoisotopic (exact) mass is 314 g/mol. The molecule has 1 atom stereocenters. The van der Waals surface area contributed by atoms with Crippen molar-refractivity contribution in [1.82, 2.24) is 9.88 Å². The summed E-state index contributed by atoms with van der Waals surface area (Å²) < 4.78 is 11.1. The Morgan fingerprint density at radius 2 is 2.09 bits per heavy atom. The van der Waals surface area contributed by atoms with Crippen LogP contribution in [0.4, 0.5) is 0 Å². The summed E-state index contributed by atoms with van der Waals surface area (Å²) in [6, 6.07) is 9.37. The number of hydrogen-bond donors (Lipinski definition) is 1. The average Bonchev–Trinajstić information content (AvgIpc) is 3.08. The van der Waals surface area contributed by atoms with E-state index in [4.69, 9.17) is 9.47 Å². The van der Waals surface area contributed by atoms with E-state index in [9.17, 15) is 9.90 Å². The SMILES string of the molecule is CC1(CCN2C(=O)c3cc4ccccc4nc3C2O)OCCO1. The fraction of sp³-hybridized carbons (Fsp3) is 0.412. The van der Waals surface area contributed by atoms with E-state index >= 15 is 0 Å². The van der Waals surface area contributed by atoms with Gasteiger partial charge in [0.25, 0.3) is 5.91 Å². The molecule has 0 aliphatic carbocycles. The van der Waals surface area contributed by atoms with Crippen LogP contribution in [0.1, 0.15) is 35.6 Å². The molecule has 0 bridgehead atoms. The van der Waals surface area contributed by atoms with Crippen LogP contribution >= 0.6 is 0 Å². The van der Waals surface area contributed by atoms with Gasteiger partial charge in [-0.1, -0.05) is 18.2 Å². The molecule has 23 heavy (non-hydrogen) atoms. The number of para-hydroxylation sites is 1. The van der Waals surface area contributed by atoms with E-state index in [2.05, 4.69) is 4.98 Å². The van der Waals surface area contributed by atoms with Crippen molar-refractivity contribution in [3.8, 4) is 0 Å². The van der Waals surface area contributed by atoms with Crippen molar-refractivity contribution >= 4 is 16.8 Å². The van der Waals surface area contributed by atoms with Crippen LogP contribution in [0.15, 0.2) is 30.3 Å². The van der Waals surface area contributed by atoms with E-state index in [-0.39, 0.29) is 5.91 Å². The van der Waals surface area contributed by atoms with Crippen LogP contribution in [0.5, 0.6) is 0 Å². The van der Waals surface area contributed by atoms with Crippen LogP contribution in [0.2, 0.25) is 0 Å². The minimum Gasteiger partial charge on any atom is -0.368 e. The highest BCUT2D eigenvalue weighted by Gasteiger charge is 2.39. The van der Waals surface area contributed by atoms with E-state index in [0.717, 1.165) is 10.9 Å². The molecule has 120 valence electrons. The van der Waals surface area contributed by atoms with Crippen molar-refractivity contribution in [1.29, 1.82) is 0 Å². The summed E-state index contributed by atoms with van der Waals surface area (Å²) in [5, 5.41) is 11.4. The number of carbonyl (C=O) groups is 1. The Hall–Kier alpha value is -2.02. The van der Waals surface area contributed by atoms with Gasteiger partial charge in [-0.05, 0) is 19.1 Å². The first-order valence-corrected chi connectivity index (χ1v) is 7.74. The molecule has 6 heteroatoms. The number of ether oxygens (including phenoxy) is 2. The molecule has 2 aliphatic heterocycles. The maximum Gasteiger partial charge on any atom is 0.258 e. The Labute approximate surface area is 133 Å². The van der Waals surface area contributed by atoms with Gasteiger partial charge in [0, 0.05) is 18.4 Å². The van der Waals surface area contributed by atoms with Gasteiger partial charge in [-0.2, -0.15) is 0 Å². The number of fused-ring (bicyclic) bond motifs is 2. The maximum absolute atomic E-state index is 12.6. The molecule has 0 radical (unpaired) electrons. The fourth-order valence-electron chi connectivity index (χ4n) is 3.16. The van der Waals surface area contributed by atoms with Crippen LogP contribution in [0.25, 0.3) is 10.9 Å². The number of aliphatic hydroxyl groups excluding tert-OH is 1. The van der Waals surface area contributed by atoms with Crippen molar-refractivity contribution in [2.75, 3.05) is 19.8 Å². The minimum atomic E-state index is -1.02. The number of carbonyl (C=O) groups excluding carboxylic acids is 1. The van der Waals surface area contributed by atoms with Crippen LogP contribution < -0.4 is 0 Å². The number of benzene rings is 1. The van der Waals surface area contributed by atoms with Gasteiger partial charge in [0.15, 0.2) is 12.0 Å². The molecule has 0 saturated carbocycles. The van der Waals surface area contributed by atoms with Crippen LogP contribution in [-0.4, -0.2) is 46.4 Å². The second kappa shape index (κ2) is 5.26. The topological polar surface area (TPSA) is 71.9 Å². The normalized spacial score (nSPS) is 22.8. The number of aliphatic hydroxyl groups is 1. The predicted molar refractivity (Wildman–Crippen MR) is 82.7 cm³/mol. The molecule has 1 aromatic carbocycles. The molecule has 1 aromatic heterocycles. The van der Waals surface area contributed by atoms with E-state index in [1.807, 2.05) is 31.2 Å². The minimum absolute atomic E-state index is 0.202. The first-order chi connectivity index (χ1) is 11.1. The second-order valence-electron chi connectivity index (χ2n) is 6.07. The van der Waals surface area contributed by atoms with Crippen LogP contribution in [0, 0.1) is 0 Å². The van der Waals surface area contributed by atoms with Gasteiger partial charge < -0.3 is 19.5 Å². The van der Waals surface area contributed by atoms with Crippen molar-refractivity contribution in [2.45, 2.75) is 25.4 Å². The average molecular weight is 314 g/mol. The summed E-state index contributed by atoms with van der Waals surface area (Å²) in [7, 11) is 0. The molecule has 6 nitrogen and oxygen atoms in total. The summed E-state index contributed by atoms with van der Waals surface area (Å²) in [5.74, 6) is -0.889. The lowest BCUT2D eigenvalue weighted by Gasteiger charge is -2.27. The zero-order valence-corrected chi connectivity index (χ0v) is 12.9. The third-order valence-electron chi connectivity index (χ3n) is 4.49. The molecule has 4 rings (SSSR count). The van der Waals surface area contributed by atoms with E-state index in [1.165, 1.54) is 4.90 Å². The van der Waals surface area contributed by atoms with Crippen LogP contribution in [-0.2, 0) is 9.47 Å². The summed E-state index contributed by atoms with van der Waals surface area (Å²) in [6.45, 7) is 3.32. The Morgan fingerprint density at radius 1 is 1.35 bits per heavy atom. The molecule has 1 fully saturated rings. The van der Waals surface area contributed by atoms with Crippen LogP contribution in [0.3, 0.4) is 0 Å². The number of hydrogen-bond acceptors (Lipinski definition) is 5. The molecule has 1 unspecified atom stereocenters. The Bertz CT molecular complexity index is 770. The van der Waals surface area contributed by atoms with Gasteiger partial charge >= 0.3 is 0 Å².